The van der Waals surface area contributed by atoms with Gasteiger partial charge in [0.05, 0.1) is 23.8 Å². The van der Waals surface area contributed by atoms with E-state index in [0.29, 0.717) is 23.1 Å². The van der Waals surface area contributed by atoms with Crippen LogP contribution in [0.15, 0.2) is 36.7 Å². The number of nitrogens with one attached hydrogen (secondary N) is 2. The first-order chi connectivity index (χ1) is 11.1. The molecule has 0 atom stereocenters. The highest BCUT2D eigenvalue weighted by Crippen LogP contribution is 2.28. The van der Waals surface area contributed by atoms with Crippen molar-refractivity contribution < 1.29 is 9.66 Å². The van der Waals surface area contributed by atoms with Crippen molar-refractivity contribution in [3.63, 3.8) is 0 Å². The van der Waals surface area contributed by atoms with Gasteiger partial charge in [0.2, 0.25) is 0 Å². The number of ether oxygens (including phenoxy) is 1. The van der Waals surface area contributed by atoms with Crippen molar-refractivity contribution in [2.45, 2.75) is 13.0 Å². The Morgan fingerprint density at radius 2 is 2.35 bits per heavy atom. The molecule has 2 rings (SSSR count). The number of hydrogen-bond acceptors (Lipinski definition) is 5. The monoisotopic (exact) mass is 335 g/mol. The normalized spacial score (nSPS) is 10.1. The summed E-state index contributed by atoms with van der Waals surface area (Å²) in [4.78, 5) is 10.3. The lowest BCUT2D eigenvalue weighted by molar-refractivity contribution is -0.384. The molecule has 8 nitrogen and oxygen atoms in total. The average Bonchev–Trinajstić information content (AvgIpc) is 3.05. The molecule has 0 amide bonds. The van der Waals surface area contributed by atoms with E-state index in [1.54, 1.807) is 12.3 Å². The van der Waals surface area contributed by atoms with Gasteiger partial charge in [-0.05, 0) is 30.8 Å². The second-order valence-electron chi connectivity index (χ2n) is 4.65. The Bertz CT molecular complexity index is 675. The minimum absolute atomic E-state index is 0.0366. The van der Waals surface area contributed by atoms with Crippen molar-refractivity contribution in [3.8, 4) is 5.75 Å². The highest BCUT2D eigenvalue weighted by atomic mass is 32.1. The largest absolute Gasteiger partial charge is 0.494 e. The summed E-state index contributed by atoms with van der Waals surface area (Å²) in [6.07, 6.45) is 4.50. The third-order valence-corrected chi connectivity index (χ3v) is 3.30. The molecule has 0 saturated heterocycles. The van der Waals surface area contributed by atoms with Gasteiger partial charge in [-0.15, -0.1) is 0 Å². The smallest absolute Gasteiger partial charge is 0.273 e. The van der Waals surface area contributed by atoms with Crippen molar-refractivity contribution in [1.29, 1.82) is 0 Å². The van der Waals surface area contributed by atoms with Crippen molar-refractivity contribution in [1.82, 2.24) is 15.1 Å². The minimum Gasteiger partial charge on any atom is -0.494 e. The Kier molecular flexibility index (Phi) is 5.87. The molecule has 23 heavy (non-hydrogen) atoms. The summed E-state index contributed by atoms with van der Waals surface area (Å²) < 4.78 is 6.99. The number of hydrogen-bond donors (Lipinski definition) is 2. The van der Waals surface area contributed by atoms with Gasteiger partial charge in [0.25, 0.3) is 5.69 Å². The molecule has 0 aliphatic heterocycles. The van der Waals surface area contributed by atoms with Crippen LogP contribution in [0.4, 0.5) is 11.4 Å². The van der Waals surface area contributed by atoms with E-state index in [9.17, 15) is 10.1 Å². The lowest BCUT2D eigenvalue weighted by Crippen LogP contribution is -2.30. The molecule has 2 N–H and O–H groups in total. The quantitative estimate of drug-likeness (QED) is 0.346. The maximum absolute atomic E-state index is 10.8. The second kappa shape index (κ2) is 8.08. The molecule has 9 heteroatoms. The fourth-order valence-corrected chi connectivity index (χ4v) is 2.15. The van der Waals surface area contributed by atoms with Crippen LogP contribution < -0.4 is 15.4 Å². The number of thiocarbonyl (C=S) groups is 1. The van der Waals surface area contributed by atoms with Gasteiger partial charge in [-0.1, -0.05) is 0 Å². The second-order valence-corrected chi connectivity index (χ2v) is 5.05. The maximum atomic E-state index is 10.8. The van der Waals surface area contributed by atoms with E-state index < -0.39 is 4.92 Å². The number of aromatic nitrogens is 2. The van der Waals surface area contributed by atoms with Crippen LogP contribution in [0.2, 0.25) is 0 Å². The van der Waals surface area contributed by atoms with Crippen molar-refractivity contribution in [3.05, 3.63) is 46.8 Å². The fraction of sp³-hybridized carbons (Fsp3) is 0.286. The molecule has 1 aromatic heterocycles. The van der Waals surface area contributed by atoms with Crippen LogP contribution >= 0.6 is 12.2 Å². The zero-order valence-corrected chi connectivity index (χ0v) is 13.4. The first-order valence-electron chi connectivity index (χ1n) is 6.95. The zero-order chi connectivity index (χ0) is 16.7. The third kappa shape index (κ3) is 4.92. The van der Waals surface area contributed by atoms with E-state index in [1.165, 1.54) is 19.2 Å². The zero-order valence-electron chi connectivity index (χ0n) is 12.6. The fourth-order valence-electron chi connectivity index (χ4n) is 1.94. The topological polar surface area (TPSA) is 94.3 Å². The van der Waals surface area contributed by atoms with Crippen LogP contribution in [-0.2, 0) is 6.54 Å². The highest BCUT2D eigenvalue weighted by Gasteiger charge is 2.12. The van der Waals surface area contributed by atoms with E-state index in [1.807, 2.05) is 16.9 Å². The Labute approximate surface area is 138 Å². The Morgan fingerprint density at radius 3 is 3.00 bits per heavy atom. The van der Waals surface area contributed by atoms with Crippen molar-refractivity contribution in [2.75, 3.05) is 19.0 Å². The molecule has 0 aliphatic rings. The summed E-state index contributed by atoms with van der Waals surface area (Å²) >= 11 is 5.21. The predicted molar refractivity (Wildman–Crippen MR) is 90.7 cm³/mol. The average molecular weight is 335 g/mol. The summed E-state index contributed by atoms with van der Waals surface area (Å²) in [5.41, 5.74) is 0.535. The minimum atomic E-state index is -0.474. The molecule has 0 aliphatic carbocycles. The third-order valence-electron chi connectivity index (χ3n) is 3.05. The number of aryl methyl sites for hydroxylation is 1. The predicted octanol–water partition coefficient (Wildman–Crippen LogP) is 2.18. The van der Waals surface area contributed by atoms with Gasteiger partial charge in [0, 0.05) is 31.5 Å². The van der Waals surface area contributed by atoms with Crippen LogP contribution in [0.25, 0.3) is 0 Å². The summed E-state index contributed by atoms with van der Waals surface area (Å²) in [7, 11) is 1.45. The molecular weight excluding hydrogens is 318 g/mol. The highest BCUT2D eigenvalue weighted by molar-refractivity contribution is 7.80. The van der Waals surface area contributed by atoms with Crippen molar-refractivity contribution >= 4 is 28.7 Å². The Hall–Kier alpha value is -2.68. The van der Waals surface area contributed by atoms with E-state index in [4.69, 9.17) is 17.0 Å². The van der Waals surface area contributed by atoms with Gasteiger partial charge in [0.1, 0.15) is 5.75 Å². The number of methoxy groups -OCH3 is 1. The molecule has 0 bridgehead atoms. The standard InChI is InChI=1S/C14H17N5O3S/c1-22-13-10-11(19(20)21)4-5-12(13)17-14(23)15-6-2-8-18-9-3-7-16-18/h3-5,7,9-10H,2,6,8H2,1H3,(H2,15,17,23). The lowest BCUT2D eigenvalue weighted by atomic mass is 10.2. The van der Waals surface area contributed by atoms with Crippen molar-refractivity contribution in [2.24, 2.45) is 0 Å². The van der Waals surface area contributed by atoms with Gasteiger partial charge in [-0.3, -0.25) is 14.8 Å². The van der Waals surface area contributed by atoms with Crippen LogP contribution in [0.5, 0.6) is 5.75 Å². The summed E-state index contributed by atoms with van der Waals surface area (Å²) in [5.74, 6) is 0.361. The summed E-state index contributed by atoms with van der Waals surface area (Å²) in [6, 6.07) is 6.18. The summed E-state index contributed by atoms with van der Waals surface area (Å²) in [6.45, 7) is 1.48. The molecule has 0 fully saturated rings. The SMILES string of the molecule is COc1cc([N+](=O)[O-])ccc1NC(=S)NCCCn1cccn1. The molecule has 2 aromatic rings. The number of anilines is 1. The maximum Gasteiger partial charge on any atom is 0.273 e. The van der Waals surface area contributed by atoms with Crippen LogP contribution in [0.3, 0.4) is 0 Å². The Balaban J connectivity index is 1.83. The van der Waals surface area contributed by atoms with Gasteiger partial charge < -0.3 is 15.4 Å². The first-order valence-corrected chi connectivity index (χ1v) is 7.35. The number of non-ortho nitro benzene ring substituents is 1. The number of nitro benzene ring substituents is 1. The number of rotatable bonds is 7. The van der Waals surface area contributed by atoms with E-state index in [0.717, 1.165) is 13.0 Å². The molecule has 1 heterocycles. The number of benzene rings is 1. The molecular formula is C14H17N5O3S. The Morgan fingerprint density at radius 1 is 1.52 bits per heavy atom. The van der Waals surface area contributed by atoms with Crippen LogP contribution in [0.1, 0.15) is 6.42 Å². The van der Waals surface area contributed by atoms with Gasteiger partial charge in [-0.2, -0.15) is 5.10 Å². The van der Waals surface area contributed by atoms with Crippen LogP contribution in [-0.4, -0.2) is 33.5 Å². The molecule has 1 aromatic carbocycles. The van der Waals surface area contributed by atoms with Gasteiger partial charge >= 0.3 is 0 Å². The van der Waals surface area contributed by atoms with Gasteiger partial charge in [-0.25, -0.2) is 0 Å². The van der Waals surface area contributed by atoms with Gasteiger partial charge in [0.15, 0.2) is 5.11 Å². The van der Waals surface area contributed by atoms with E-state index in [-0.39, 0.29) is 5.69 Å². The lowest BCUT2D eigenvalue weighted by Gasteiger charge is -2.13. The molecule has 0 saturated carbocycles. The summed E-state index contributed by atoms with van der Waals surface area (Å²) in [5, 5.41) is 21.3. The molecule has 122 valence electrons. The number of nitro groups is 1. The molecule has 0 radical (unpaired) electrons. The molecule has 0 unspecified atom stereocenters. The van der Waals surface area contributed by atoms with Crippen LogP contribution in [0, 0.1) is 10.1 Å². The van der Waals surface area contributed by atoms with E-state index in [2.05, 4.69) is 15.7 Å². The molecule has 0 spiro atoms. The first kappa shape index (κ1) is 16.7. The van der Waals surface area contributed by atoms with E-state index >= 15 is 0 Å². The number of nitrogens with zero attached hydrogens (tertiary/aromatic N) is 3.